The summed E-state index contributed by atoms with van der Waals surface area (Å²) in [6.07, 6.45) is 1.75. The van der Waals surface area contributed by atoms with E-state index in [1.54, 1.807) is 0 Å². The van der Waals surface area contributed by atoms with Gasteiger partial charge in [-0.15, -0.1) is 10.2 Å². The molecule has 0 aromatic carbocycles. The molecule has 3 heterocycles. The van der Waals surface area contributed by atoms with E-state index < -0.39 is 0 Å². The van der Waals surface area contributed by atoms with E-state index in [9.17, 15) is 4.79 Å². The number of anilines is 2. The number of amides is 1. The van der Waals surface area contributed by atoms with E-state index in [-0.39, 0.29) is 23.5 Å². The van der Waals surface area contributed by atoms with Gasteiger partial charge in [-0.05, 0) is 11.6 Å². The van der Waals surface area contributed by atoms with E-state index in [0.29, 0.717) is 28.7 Å². The average Bonchev–Trinajstić information content (AvgIpc) is 3.16. The van der Waals surface area contributed by atoms with Crippen molar-refractivity contribution in [3.8, 4) is 0 Å². The summed E-state index contributed by atoms with van der Waals surface area (Å²) in [6.45, 7) is 4.43. The molecule has 0 aliphatic heterocycles. The zero-order chi connectivity index (χ0) is 17.1. The molecule has 3 aromatic heterocycles. The highest BCUT2D eigenvalue weighted by molar-refractivity contribution is 7.15. The summed E-state index contributed by atoms with van der Waals surface area (Å²) < 4.78 is 0. The van der Waals surface area contributed by atoms with Crippen LogP contribution in [0.2, 0.25) is 5.28 Å². The van der Waals surface area contributed by atoms with Crippen molar-refractivity contribution in [1.29, 1.82) is 0 Å². The van der Waals surface area contributed by atoms with Crippen LogP contribution in [0.25, 0.3) is 11.2 Å². The molecule has 0 fully saturated rings. The second kappa shape index (κ2) is 7.05. The van der Waals surface area contributed by atoms with Crippen LogP contribution in [0.3, 0.4) is 0 Å². The van der Waals surface area contributed by atoms with E-state index in [4.69, 9.17) is 11.6 Å². The lowest BCUT2D eigenvalue weighted by atomic mass is 10.2. The molecule has 3 aromatic rings. The lowest BCUT2D eigenvalue weighted by Crippen LogP contribution is -2.16. The van der Waals surface area contributed by atoms with Crippen molar-refractivity contribution in [3.63, 3.8) is 0 Å². The van der Waals surface area contributed by atoms with Crippen molar-refractivity contribution >= 4 is 51.0 Å². The molecule has 11 heteroatoms. The van der Waals surface area contributed by atoms with Crippen LogP contribution in [0.15, 0.2) is 6.33 Å². The lowest BCUT2D eigenvalue weighted by molar-refractivity contribution is -0.115. The number of carbonyl (C=O) groups excluding carboxylic acids is 1. The minimum Gasteiger partial charge on any atom is -0.368 e. The number of rotatable bonds is 6. The Labute approximate surface area is 146 Å². The molecule has 0 aliphatic carbocycles. The molecule has 0 spiro atoms. The van der Waals surface area contributed by atoms with Gasteiger partial charge in [-0.1, -0.05) is 25.2 Å². The Kier molecular flexibility index (Phi) is 4.86. The van der Waals surface area contributed by atoms with Crippen molar-refractivity contribution in [2.45, 2.75) is 26.2 Å². The Morgan fingerprint density at radius 1 is 1.38 bits per heavy atom. The highest BCUT2D eigenvalue weighted by atomic mass is 35.5. The van der Waals surface area contributed by atoms with Crippen molar-refractivity contribution in [3.05, 3.63) is 16.6 Å². The molecule has 9 nitrogen and oxygen atoms in total. The molecule has 126 valence electrons. The van der Waals surface area contributed by atoms with E-state index in [0.717, 1.165) is 5.01 Å². The normalized spacial score (nSPS) is 11.2. The van der Waals surface area contributed by atoms with Crippen LogP contribution >= 0.6 is 22.9 Å². The van der Waals surface area contributed by atoms with Gasteiger partial charge >= 0.3 is 0 Å². The number of hydrogen-bond donors (Lipinski definition) is 3. The highest BCUT2D eigenvalue weighted by Gasteiger charge is 2.12. The monoisotopic (exact) mass is 366 g/mol. The summed E-state index contributed by atoms with van der Waals surface area (Å²) in [7, 11) is 0. The first kappa shape index (κ1) is 16.5. The van der Waals surface area contributed by atoms with Gasteiger partial charge in [-0.3, -0.25) is 4.79 Å². The van der Waals surface area contributed by atoms with E-state index in [1.165, 1.54) is 17.7 Å². The van der Waals surface area contributed by atoms with Crippen molar-refractivity contribution < 1.29 is 4.79 Å². The lowest BCUT2D eigenvalue weighted by Gasteiger charge is -2.06. The predicted molar refractivity (Wildman–Crippen MR) is 92.4 cm³/mol. The largest absolute Gasteiger partial charge is 0.368 e. The number of H-pyrrole nitrogens is 1. The van der Waals surface area contributed by atoms with Gasteiger partial charge in [0, 0.05) is 18.9 Å². The molecule has 0 saturated heterocycles. The SMILES string of the molecule is CC(C)c1nnc(NC(=O)CCNc2nc(Cl)nc3nc[nH]c23)s1. The number of carbonyl (C=O) groups is 1. The number of aromatic nitrogens is 6. The van der Waals surface area contributed by atoms with Crippen LogP contribution in [0, 0.1) is 0 Å². The molecule has 1 amide bonds. The molecule has 0 aliphatic rings. The van der Waals surface area contributed by atoms with E-state index in [1.807, 2.05) is 13.8 Å². The van der Waals surface area contributed by atoms with Crippen LogP contribution in [-0.2, 0) is 4.79 Å². The fourth-order valence-corrected chi connectivity index (χ4v) is 2.86. The molecule has 0 unspecified atom stereocenters. The van der Waals surface area contributed by atoms with Crippen molar-refractivity contribution in [2.75, 3.05) is 17.2 Å². The smallest absolute Gasteiger partial charge is 0.227 e. The number of fused-ring (bicyclic) bond motifs is 1. The Hall–Kier alpha value is -2.33. The number of halogens is 1. The number of imidazole rings is 1. The van der Waals surface area contributed by atoms with Gasteiger partial charge < -0.3 is 15.6 Å². The first-order valence-electron chi connectivity index (χ1n) is 7.26. The molecule has 24 heavy (non-hydrogen) atoms. The summed E-state index contributed by atoms with van der Waals surface area (Å²) in [5, 5.41) is 15.3. The Bertz CT molecular complexity index is 861. The zero-order valence-electron chi connectivity index (χ0n) is 13.0. The highest BCUT2D eigenvalue weighted by Crippen LogP contribution is 2.22. The van der Waals surface area contributed by atoms with Crippen molar-refractivity contribution in [1.82, 2.24) is 30.1 Å². The third-order valence-corrected chi connectivity index (χ3v) is 4.39. The van der Waals surface area contributed by atoms with Gasteiger partial charge in [0.2, 0.25) is 16.3 Å². The molecule has 0 saturated carbocycles. The molecule has 3 N–H and O–H groups in total. The number of hydrogen-bond acceptors (Lipinski definition) is 8. The van der Waals surface area contributed by atoms with Crippen LogP contribution in [0.5, 0.6) is 0 Å². The van der Waals surface area contributed by atoms with Crippen LogP contribution in [0.4, 0.5) is 10.9 Å². The quantitative estimate of drug-likeness (QED) is 0.572. The summed E-state index contributed by atoms with van der Waals surface area (Å²) in [6, 6.07) is 0. The van der Waals surface area contributed by atoms with Crippen LogP contribution in [-0.4, -0.2) is 42.6 Å². The fraction of sp³-hybridized carbons (Fsp3) is 0.385. The fourth-order valence-electron chi connectivity index (χ4n) is 1.93. The summed E-state index contributed by atoms with van der Waals surface area (Å²) >= 11 is 7.23. The third kappa shape index (κ3) is 3.77. The predicted octanol–water partition coefficient (Wildman–Crippen LogP) is 2.42. The van der Waals surface area contributed by atoms with Gasteiger partial charge in [0.1, 0.15) is 10.5 Å². The Morgan fingerprint density at radius 3 is 2.96 bits per heavy atom. The van der Waals surface area contributed by atoms with Gasteiger partial charge in [0.15, 0.2) is 11.5 Å². The number of nitrogens with one attached hydrogen (secondary N) is 3. The van der Waals surface area contributed by atoms with Gasteiger partial charge in [0.25, 0.3) is 0 Å². The molecular weight excluding hydrogens is 352 g/mol. The second-order valence-corrected chi connectivity index (χ2v) is 6.61. The first-order chi connectivity index (χ1) is 11.5. The molecular formula is C13H15ClN8OS. The Morgan fingerprint density at radius 2 is 2.21 bits per heavy atom. The Balaban J connectivity index is 1.55. The van der Waals surface area contributed by atoms with Gasteiger partial charge in [-0.2, -0.15) is 9.97 Å². The van der Waals surface area contributed by atoms with Crippen LogP contribution < -0.4 is 10.6 Å². The summed E-state index contributed by atoms with van der Waals surface area (Å²) in [5.74, 6) is 0.636. The summed E-state index contributed by atoms with van der Waals surface area (Å²) in [4.78, 5) is 27.0. The molecule has 3 rings (SSSR count). The third-order valence-electron chi connectivity index (χ3n) is 3.08. The maximum Gasteiger partial charge on any atom is 0.227 e. The van der Waals surface area contributed by atoms with Crippen LogP contribution in [0.1, 0.15) is 31.2 Å². The minimum atomic E-state index is -0.157. The first-order valence-corrected chi connectivity index (χ1v) is 8.46. The molecule has 0 bridgehead atoms. The molecule has 0 radical (unpaired) electrons. The maximum absolute atomic E-state index is 12.0. The van der Waals surface area contributed by atoms with Gasteiger partial charge in [-0.25, -0.2) is 4.98 Å². The standard InChI is InChI=1S/C13H15ClN8OS/c1-6(2)11-21-22-13(24-11)18-7(23)3-4-15-9-8-10(17-5-16-8)20-12(14)19-9/h5-6H,3-4H2,1-2H3,(H,18,22,23)(H2,15,16,17,19,20). The second-order valence-electron chi connectivity index (χ2n) is 5.27. The average molecular weight is 367 g/mol. The number of nitrogens with zero attached hydrogens (tertiary/aromatic N) is 5. The summed E-state index contributed by atoms with van der Waals surface area (Å²) in [5.41, 5.74) is 1.11. The topological polar surface area (TPSA) is 121 Å². The number of aromatic amines is 1. The van der Waals surface area contributed by atoms with Gasteiger partial charge in [0.05, 0.1) is 6.33 Å². The van der Waals surface area contributed by atoms with E-state index >= 15 is 0 Å². The molecule has 0 atom stereocenters. The maximum atomic E-state index is 12.0. The van der Waals surface area contributed by atoms with Crippen molar-refractivity contribution in [2.24, 2.45) is 0 Å². The van der Waals surface area contributed by atoms with E-state index in [2.05, 4.69) is 40.8 Å². The zero-order valence-corrected chi connectivity index (χ0v) is 14.6. The minimum absolute atomic E-state index is 0.0941.